The Kier molecular flexibility index (Phi) is 5.50. The van der Waals surface area contributed by atoms with Gasteiger partial charge >= 0.3 is 0 Å². The normalized spacial score (nSPS) is 13.1. The molecule has 90 valence electrons. The summed E-state index contributed by atoms with van der Waals surface area (Å²) < 4.78 is 11.1. The zero-order valence-electron chi connectivity index (χ0n) is 10.7. The standard InChI is InChI=1S/C14H22O2/c1-11(2)15-8-9-16-13(4)14-7-5-6-12(3)10-14/h5-7,10-11,13H,8-9H2,1-4H3. The molecule has 0 spiro atoms. The third-order valence-corrected chi connectivity index (χ3v) is 2.41. The first-order valence-electron chi connectivity index (χ1n) is 5.89. The van der Waals surface area contributed by atoms with Crippen LogP contribution in [-0.4, -0.2) is 19.3 Å². The molecule has 0 aromatic heterocycles. The van der Waals surface area contributed by atoms with Gasteiger partial charge in [-0.15, -0.1) is 0 Å². The number of aryl methyl sites for hydroxylation is 1. The van der Waals surface area contributed by atoms with E-state index in [0.29, 0.717) is 13.2 Å². The van der Waals surface area contributed by atoms with E-state index in [4.69, 9.17) is 9.47 Å². The van der Waals surface area contributed by atoms with Gasteiger partial charge in [0.2, 0.25) is 0 Å². The van der Waals surface area contributed by atoms with Crippen LogP contribution in [0.1, 0.15) is 38.0 Å². The fourth-order valence-electron chi connectivity index (χ4n) is 1.53. The second kappa shape index (κ2) is 6.66. The highest BCUT2D eigenvalue weighted by Gasteiger charge is 2.05. The lowest BCUT2D eigenvalue weighted by Gasteiger charge is -2.15. The van der Waals surface area contributed by atoms with Crippen molar-refractivity contribution < 1.29 is 9.47 Å². The molecule has 0 bridgehead atoms. The van der Waals surface area contributed by atoms with Crippen LogP contribution >= 0.6 is 0 Å². The van der Waals surface area contributed by atoms with Gasteiger partial charge in [-0.1, -0.05) is 29.8 Å². The molecule has 1 atom stereocenters. The van der Waals surface area contributed by atoms with Gasteiger partial charge in [0.05, 0.1) is 25.4 Å². The summed E-state index contributed by atoms with van der Waals surface area (Å²) in [5.74, 6) is 0. The SMILES string of the molecule is Cc1cccc(C(C)OCCOC(C)C)c1. The first-order valence-corrected chi connectivity index (χ1v) is 5.89. The Hall–Kier alpha value is -0.860. The number of hydrogen-bond acceptors (Lipinski definition) is 2. The molecule has 1 unspecified atom stereocenters. The minimum Gasteiger partial charge on any atom is -0.376 e. The first kappa shape index (κ1) is 13.2. The second-order valence-electron chi connectivity index (χ2n) is 4.35. The van der Waals surface area contributed by atoms with Crippen LogP contribution in [0, 0.1) is 6.92 Å². The molecule has 0 amide bonds. The van der Waals surface area contributed by atoms with E-state index in [0.717, 1.165) is 0 Å². The summed E-state index contributed by atoms with van der Waals surface area (Å²) >= 11 is 0. The second-order valence-corrected chi connectivity index (χ2v) is 4.35. The monoisotopic (exact) mass is 222 g/mol. The third kappa shape index (κ3) is 4.77. The Balaban J connectivity index is 2.32. The summed E-state index contributed by atoms with van der Waals surface area (Å²) in [5, 5.41) is 0. The highest BCUT2D eigenvalue weighted by Crippen LogP contribution is 2.17. The fraction of sp³-hybridized carbons (Fsp3) is 0.571. The average molecular weight is 222 g/mol. The summed E-state index contributed by atoms with van der Waals surface area (Å²) in [6, 6.07) is 8.42. The molecule has 0 saturated heterocycles. The molecule has 0 fully saturated rings. The minimum absolute atomic E-state index is 0.135. The minimum atomic E-state index is 0.135. The zero-order chi connectivity index (χ0) is 12.0. The van der Waals surface area contributed by atoms with Crippen LogP contribution in [-0.2, 0) is 9.47 Å². The molecular weight excluding hydrogens is 200 g/mol. The van der Waals surface area contributed by atoms with Gasteiger partial charge in [0, 0.05) is 0 Å². The van der Waals surface area contributed by atoms with Gasteiger partial charge in [0.1, 0.15) is 0 Å². The number of hydrogen-bond donors (Lipinski definition) is 0. The molecular formula is C14H22O2. The van der Waals surface area contributed by atoms with Gasteiger partial charge in [0.15, 0.2) is 0 Å². The largest absolute Gasteiger partial charge is 0.376 e. The highest BCUT2D eigenvalue weighted by atomic mass is 16.5. The average Bonchev–Trinajstić information content (AvgIpc) is 2.24. The van der Waals surface area contributed by atoms with E-state index < -0.39 is 0 Å². The molecule has 1 aromatic rings. The first-order chi connectivity index (χ1) is 7.59. The number of ether oxygens (including phenoxy) is 2. The van der Waals surface area contributed by atoms with Crippen molar-refractivity contribution in [2.24, 2.45) is 0 Å². The Labute approximate surface area is 98.6 Å². The lowest BCUT2D eigenvalue weighted by Crippen LogP contribution is -2.11. The predicted octanol–water partition coefficient (Wildman–Crippen LogP) is 3.50. The van der Waals surface area contributed by atoms with Crippen molar-refractivity contribution in [3.63, 3.8) is 0 Å². The molecule has 0 N–H and O–H groups in total. The van der Waals surface area contributed by atoms with Crippen LogP contribution in [0.2, 0.25) is 0 Å². The molecule has 1 aromatic carbocycles. The third-order valence-electron chi connectivity index (χ3n) is 2.41. The summed E-state index contributed by atoms with van der Waals surface area (Å²) in [4.78, 5) is 0. The lowest BCUT2D eigenvalue weighted by molar-refractivity contribution is -0.00740. The molecule has 0 aliphatic rings. The van der Waals surface area contributed by atoms with E-state index in [1.165, 1.54) is 11.1 Å². The van der Waals surface area contributed by atoms with Crippen LogP contribution < -0.4 is 0 Å². The Morgan fingerprint density at radius 2 is 1.75 bits per heavy atom. The predicted molar refractivity (Wildman–Crippen MR) is 66.6 cm³/mol. The highest BCUT2D eigenvalue weighted by molar-refractivity contribution is 5.23. The van der Waals surface area contributed by atoms with Crippen molar-refractivity contribution in [3.05, 3.63) is 35.4 Å². The van der Waals surface area contributed by atoms with Gasteiger partial charge < -0.3 is 9.47 Å². The van der Waals surface area contributed by atoms with E-state index in [-0.39, 0.29) is 12.2 Å². The van der Waals surface area contributed by atoms with Crippen LogP contribution in [0.5, 0.6) is 0 Å². The summed E-state index contributed by atoms with van der Waals surface area (Å²) in [7, 11) is 0. The van der Waals surface area contributed by atoms with Gasteiger partial charge in [-0.25, -0.2) is 0 Å². The van der Waals surface area contributed by atoms with Crippen molar-refractivity contribution in [1.82, 2.24) is 0 Å². The quantitative estimate of drug-likeness (QED) is 0.686. The van der Waals surface area contributed by atoms with Crippen molar-refractivity contribution in [2.45, 2.75) is 39.9 Å². The Morgan fingerprint density at radius 1 is 1.06 bits per heavy atom. The van der Waals surface area contributed by atoms with Crippen LogP contribution in [0.4, 0.5) is 0 Å². The molecule has 2 heteroatoms. The molecule has 0 radical (unpaired) electrons. The Bertz CT molecular complexity index is 307. The van der Waals surface area contributed by atoms with Crippen LogP contribution in [0.25, 0.3) is 0 Å². The molecule has 0 saturated carbocycles. The summed E-state index contributed by atoms with van der Waals surface area (Å²) in [5.41, 5.74) is 2.50. The molecule has 2 nitrogen and oxygen atoms in total. The maximum Gasteiger partial charge on any atom is 0.0798 e. The smallest absolute Gasteiger partial charge is 0.0798 e. The molecule has 0 aliphatic carbocycles. The number of benzene rings is 1. The molecule has 0 heterocycles. The van der Waals surface area contributed by atoms with Gasteiger partial charge in [-0.3, -0.25) is 0 Å². The van der Waals surface area contributed by atoms with Crippen LogP contribution in [0.3, 0.4) is 0 Å². The van der Waals surface area contributed by atoms with Gasteiger partial charge in [-0.2, -0.15) is 0 Å². The van der Waals surface area contributed by atoms with Crippen molar-refractivity contribution in [2.75, 3.05) is 13.2 Å². The zero-order valence-corrected chi connectivity index (χ0v) is 10.7. The van der Waals surface area contributed by atoms with E-state index >= 15 is 0 Å². The molecule has 1 rings (SSSR count). The molecule has 16 heavy (non-hydrogen) atoms. The van der Waals surface area contributed by atoms with Gasteiger partial charge in [0.25, 0.3) is 0 Å². The van der Waals surface area contributed by atoms with Crippen molar-refractivity contribution >= 4 is 0 Å². The summed E-state index contributed by atoms with van der Waals surface area (Å²) in [6.45, 7) is 9.54. The van der Waals surface area contributed by atoms with E-state index in [9.17, 15) is 0 Å². The maximum absolute atomic E-state index is 5.71. The molecule has 0 aliphatic heterocycles. The lowest BCUT2D eigenvalue weighted by atomic mass is 10.1. The maximum atomic E-state index is 5.71. The van der Waals surface area contributed by atoms with Gasteiger partial charge in [-0.05, 0) is 33.3 Å². The van der Waals surface area contributed by atoms with Crippen LogP contribution in [0.15, 0.2) is 24.3 Å². The van der Waals surface area contributed by atoms with Crippen molar-refractivity contribution in [3.8, 4) is 0 Å². The van der Waals surface area contributed by atoms with E-state index in [2.05, 4.69) is 38.1 Å². The Morgan fingerprint density at radius 3 is 2.38 bits per heavy atom. The summed E-state index contributed by atoms with van der Waals surface area (Å²) in [6.07, 6.45) is 0.411. The van der Waals surface area contributed by atoms with E-state index in [1.807, 2.05) is 13.8 Å². The van der Waals surface area contributed by atoms with E-state index in [1.54, 1.807) is 0 Å². The topological polar surface area (TPSA) is 18.5 Å². The number of rotatable bonds is 6. The van der Waals surface area contributed by atoms with Crippen molar-refractivity contribution in [1.29, 1.82) is 0 Å². The fourth-order valence-corrected chi connectivity index (χ4v) is 1.53.